The number of aliphatic hydroxyl groups is 1. The van der Waals surface area contributed by atoms with Gasteiger partial charge in [0.05, 0.1) is 31.8 Å². The quantitative estimate of drug-likeness (QED) is 0.112. The number of esters is 8. The normalized spacial score (nSPS) is 29.6. The van der Waals surface area contributed by atoms with Gasteiger partial charge in [0.1, 0.15) is 29.0 Å². The van der Waals surface area contributed by atoms with E-state index in [-0.39, 0.29) is 73.0 Å². The zero-order valence-corrected chi connectivity index (χ0v) is 42.0. The van der Waals surface area contributed by atoms with Gasteiger partial charge in [0.15, 0.2) is 19.8 Å². The van der Waals surface area contributed by atoms with E-state index >= 15 is 0 Å². The molecule has 0 bridgehead atoms. The number of fused-ring (bicyclic) bond motifs is 5. The Morgan fingerprint density at radius 2 is 1.00 bits per heavy atom. The van der Waals surface area contributed by atoms with E-state index in [9.17, 15) is 43.5 Å². The summed E-state index contributed by atoms with van der Waals surface area (Å²) >= 11 is 0. The van der Waals surface area contributed by atoms with Crippen LogP contribution in [0.2, 0.25) is 0 Å². The highest BCUT2D eigenvalue weighted by molar-refractivity contribution is 5.81. The molecule has 380 valence electrons. The van der Waals surface area contributed by atoms with E-state index in [0.717, 1.165) is 0 Å². The largest absolute Gasteiger partial charge is 0.462 e. The monoisotopic (exact) mass is 951 g/mol. The fourth-order valence-corrected chi connectivity index (χ4v) is 11.5. The highest BCUT2D eigenvalue weighted by Gasteiger charge is 2.67. The van der Waals surface area contributed by atoms with Gasteiger partial charge in [-0.15, -0.1) is 0 Å². The Kier molecular flexibility index (Phi) is 18.5. The van der Waals surface area contributed by atoms with Crippen LogP contribution < -0.4 is 0 Å². The van der Waals surface area contributed by atoms with Gasteiger partial charge in [-0.25, -0.2) is 14.4 Å². The lowest BCUT2D eigenvalue weighted by Crippen LogP contribution is -2.63. The molecule has 11 atom stereocenters. The van der Waals surface area contributed by atoms with Crippen molar-refractivity contribution in [2.24, 2.45) is 46.3 Å². The minimum absolute atomic E-state index is 0.0302. The molecule has 0 saturated heterocycles. The van der Waals surface area contributed by atoms with Crippen molar-refractivity contribution >= 4 is 47.8 Å². The van der Waals surface area contributed by atoms with Crippen molar-refractivity contribution in [1.82, 2.24) is 0 Å². The summed E-state index contributed by atoms with van der Waals surface area (Å²) in [4.78, 5) is 102. The summed E-state index contributed by atoms with van der Waals surface area (Å²) < 4.78 is 44.0. The maximum Gasteiger partial charge on any atom is 0.344 e. The maximum absolute atomic E-state index is 13.8. The molecule has 0 spiro atoms. The number of hydrogen-bond acceptors (Lipinski definition) is 17. The highest BCUT2D eigenvalue weighted by Crippen LogP contribution is 2.69. The predicted octanol–water partition coefficient (Wildman–Crippen LogP) is 6.68. The Bertz CT molecular complexity index is 1800. The molecule has 0 aromatic carbocycles. The van der Waals surface area contributed by atoms with Crippen molar-refractivity contribution in [2.75, 3.05) is 19.8 Å². The third-order valence-corrected chi connectivity index (χ3v) is 14.2. The number of carbonyl (C=O) groups excluding carboxylic acids is 8. The van der Waals surface area contributed by atoms with Gasteiger partial charge in [-0.3, -0.25) is 24.0 Å². The summed E-state index contributed by atoms with van der Waals surface area (Å²) in [5.74, 6) is -5.96. The first-order valence-electron chi connectivity index (χ1n) is 24.1. The summed E-state index contributed by atoms with van der Waals surface area (Å²) in [6, 6.07) is 0. The van der Waals surface area contributed by atoms with E-state index in [1.54, 1.807) is 62.3 Å². The highest BCUT2D eigenvalue weighted by atomic mass is 16.6. The van der Waals surface area contributed by atoms with Crippen molar-refractivity contribution in [1.29, 1.82) is 0 Å². The summed E-state index contributed by atoms with van der Waals surface area (Å²) in [5, 5.41) is 10.9. The average Bonchev–Trinajstić information content (AvgIpc) is 3.55. The molecular weight excluding hydrogens is 873 g/mol. The van der Waals surface area contributed by atoms with Crippen LogP contribution in [0.1, 0.15) is 167 Å². The molecule has 4 saturated carbocycles. The number of hydrogen-bond donors (Lipinski definition) is 1. The van der Waals surface area contributed by atoms with Gasteiger partial charge in [0.2, 0.25) is 0 Å². The Morgan fingerprint density at radius 1 is 0.552 bits per heavy atom. The van der Waals surface area contributed by atoms with Gasteiger partial charge in [0.25, 0.3) is 0 Å². The Hall–Kier alpha value is -4.28. The van der Waals surface area contributed by atoms with E-state index in [0.29, 0.717) is 51.4 Å². The summed E-state index contributed by atoms with van der Waals surface area (Å²) in [6.45, 7) is 20.0. The first kappa shape index (κ1) is 55.3. The lowest BCUT2D eigenvalue weighted by atomic mass is 9.43. The number of ether oxygens (including phenoxy) is 8. The van der Waals surface area contributed by atoms with E-state index in [4.69, 9.17) is 37.9 Å². The molecule has 0 radical (unpaired) electrons. The van der Waals surface area contributed by atoms with E-state index < -0.39 is 108 Å². The fraction of sp³-hybridized carbons (Fsp3) is 0.840. The molecule has 4 aliphatic rings. The Morgan fingerprint density at radius 3 is 1.48 bits per heavy atom. The van der Waals surface area contributed by atoms with Gasteiger partial charge in [-0.2, -0.15) is 0 Å². The van der Waals surface area contributed by atoms with Gasteiger partial charge in [0, 0.05) is 17.8 Å². The molecule has 4 aliphatic carbocycles. The molecule has 4 fully saturated rings. The van der Waals surface area contributed by atoms with Crippen LogP contribution in [-0.2, 0) is 76.3 Å². The van der Waals surface area contributed by atoms with Gasteiger partial charge in [-0.1, -0.05) is 20.8 Å². The second-order valence-electron chi connectivity index (χ2n) is 22.7. The zero-order chi connectivity index (χ0) is 50.3. The minimum atomic E-state index is -0.767. The lowest BCUT2D eigenvalue weighted by molar-refractivity contribution is -0.225. The molecule has 0 amide bonds. The second kappa shape index (κ2) is 22.4. The summed E-state index contributed by atoms with van der Waals surface area (Å²) in [5.41, 5.74) is -3.26. The molecule has 11 unspecified atom stereocenters. The predicted molar refractivity (Wildman–Crippen MR) is 239 cm³/mol. The zero-order valence-electron chi connectivity index (χ0n) is 42.0. The Labute approximate surface area is 396 Å². The van der Waals surface area contributed by atoms with Crippen LogP contribution in [0, 0.1) is 46.3 Å². The molecule has 1 N–H and O–H groups in total. The van der Waals surface area contributed by atoms with Gasteiger partial charge >= 0.3 is 47.8 Å². The van der Waals surface area contributed by atoms with Crippen LogP contribution in [0.25, 0.3) is 0 Å². The molecule has 0 heterocycles. The molecule has 4 rings (SSSR count). The third kappa shape index (κ3) is 15.9. The number of carbonyl (C=O) groups is 8. The van der Waals surface area contributed by atoms with Crippen molar-refractivity contribution < 1.29 is 81.4 Å². The Balaban J connectivity index is 1.57. The minimum Gasteiger partial charge on any atom is -0.462 e. The van der Waals surface area contributed by atoms with E-state index in [1.807, 2.05) is 6.92 Å². The van der Waals surface area contributed by atoms with Crippen molar-refractivity contribution in [3.63, 3.8) is 0 Å². The fourth-order valence-electron chi connectivity index (χ4n) is 11.5. The number of rotatable bonds is 18. The lowest BCUT2D eigenvalue weighted by Gasteiger charge is -2.64. The van der Waals surface area contributed by atoms with Crippen molar-refractivity contribution in [3.8, 4) is 0 Å². The van der Waals surface area contributed by atoms with E-state index in [2.05, 4.69) is 13.8 Å². The van der Waals surface area contributed by atoms with Crippen LogP contribution >= 0.6 is 0 Å². The molecule has 67 heavy (non-hydrogen) atoms. The van der Waals surface area contributed by atoms with Gasteiger partial charge in [-0.05, 0) is 149 Å². The van der Waals surface area contributed by atoms with Crippen LogP contribution in [0.4, 0.5) is 0 Å². The molecule has 17 heteroatoms. The topological polar surface area (TPSA) is 231 Å². The van der Waals surface area contributed by atoms with Crippen molar-refractivity contribution in [3.05, 3.63) is 0 Å². The molecule has 0 aromatic heterocycles. The van der Waals surface area contributed by atoms with Crippen molar-refractivity contribution in [2.45, 2.75) is 202 Å². The summed E-state index contributed by atoms with van der Waals surface area (Å²) in [7, 11) is 0. The number of aliphatic hydroxyl groups excluding tert-OH is 1. The third-order valence-electron chi connectivity index (χ3n) is 14.2. The van der Waals surface area contributed by atoms with Gasteiger partial charge < -0.3 is 43.0 Å². The standard InChI is InChI=1S/C50H78O17/c1-29(13-16-37(52)60-26-42(57)65-46(2,3)4)32-14-15-33-45-34(25-36(50(32,33)12)64-41(56)20-18-39(54)62-28-44(59)67-48(8,9)10)49(11)22-21-31(51)23-30(49)24-35(45)63-40(55)19-17-38(53)61-27-43(58)66-47(5,6)7/h29-36,45,51H,13-28H2,1-12H3. The SMILES string of the molecule is CC(CCC(=O)OCC(=O)OC(C)(C)C)C1CCC2C3C(OC(=O)CCC(=O)OCC(=O)OC(C)(C)C)CC4CC(O)CCC4(C)C3CC(OC(=O)CCC(=O)OCC(=O)OC(C)(C)C)C12C. The summed E-state index contributed by atoms with van der Waals surface area (Å²) in [6.07, 6.45) is 1.62. The molecule has 17 nitrogen and oxygen atoms in total. The van der Waals surface area contributed by atoms with Crippen LogP contribution in [0.3, 0.4) is 0 Å². The van der Waals surface area contributed by atoms with E-state index in [1.165, 1.54) is 0 Å². The smallest absolute Gasteiger partial charge is 0.344 e. The maximum atomic E-state index is 13.8. The van der Waals surface area contributed by atoms with Crippen LogP contribution in [0.15, 0.2) is 0 Å². The molecular formula is C50H78O17. The first-order chi connectivity index (χ1) is 30.9. The molecule has 0 aliphatic heterocycles. The van der Waals surface area contributed by atoms with Crippen LogP contribution in [-0.4, -0.2) is 108 Å². The average molecular weight is 951 g/mol. The first-order valence-corrected chi connectivity index (χ1v) is 24.1. The second-order valence-corrected chi connectivity index (χ2v) is 22.7. The molecule has 0 aromatic rings. The van der Waals surface area contributed by atoms with Crippen LogP contribution in [0.5, 0.6) is 0 Å².